The summed E-state index contributed by atoms with van der Waals surface area (Å²) in [5.41, 5.74) is 0.679. The fourth-order valence-corrected chi connectivity index (χ4v) is 5.02. The quantitative estimate of drug-likeness (QED) is 0.715. The van der Waals surface area contributed by atoms with E-state index in [2.05, 4.69) is 25.6 Å². The van der Waals surface area contributed by atoms with Gasteiger partial charge in [0.05, 0.1) is 11.4 Å². The zero-order valence-electron chi connectivity index (χ0n) is 14.8. The van der Waals surface area contributed by atoms with Crippen molar-refractivity contribution in [3.63, 3.8) is 0 Å². The van der Waals surface area contributed by atoms with E-state index in [9.17, 15) is 17.6 Å². The first-order valence-electron chi connectivity index (χ1n) is 8.87. The van der Waals surface area contributed by atoms with Crippen molar-refractivity contribution in [2.75, 3.05) is 16.8 Å². The number of amides is 1. The molecule has 1 amide bonds. The average Bonchev–Trinajstić information content (AvgIpc) is 2.88. The molecule has 1 fully saturated rings. The largest absolute Gasteiger partial charge is 0.328 e. The highest BCUT2D eigenvalue weighted by atomic mass is 79.9. The van der Waals surface area contributed by atoms with Crippen LogP contribution in [0.4, 0.5) is 15.8 Å². The Bertz CT molecular complexity index is 1100. The van der Waals surface area contributed by atoms with Crippen LogP contribution in [0.2, 0.25) is 0 Å². The van der Waals surface area contributed by atoms with Gasteiger partial charge in [-0.1, -0.05) is 22.4 Å². The second-order valence-corrected chi connectivity index (χ2v) is 9.19. The van der Waals surface area contributed by atoms with Crippen LogP contribution in [0.25, 0.3) is 0 Å². The van der Waals surface area contributed by atoms with Crippen molar-refractivity contribution in [1.29, 1.82) is 0 Å². The first kappa shape index (κ1) is 19.1. The fourth-order valence-electron chi connectivity index (χ4n) is 3.41. The molecule has 0 atom stereocenters. The number of carbonyl (C=O) groups is 1. The minimum Gasteiger partial charge on any atom is -0.328 e. The molecule has 146 valence electrons. The molecule has 9 heteroatoms. The van der Waals surface area contributed by atoms with Crippen molar-refractivity contribution in [3.05, 3.63) is 52.3 Å². The maximum Gasteiger partial charge on any atom is 0.286 e. The van der Waals surface area contributed by atoms with Gasteiger partial charge in [0.2, 0.25) is 0 Å². The van der Waals surface area contributed by atoms with E-state index in [0.29, 0.717) is 29.0 Å². The molecule has 0 aliphatic carbocycles. The van der Waals surface area contributed by atoms with E-state index < -0.39 is 21.7 Å². The van der Waals surface area contributed by atoms with E-state index in [1.807, 2.05) is 4.90 Å². The number of carbonyl (C=O) groups excluding carboxylic acids is 1. The molecular weight excluding hydrogens is 449 g/mol. The zero-order valence-corrected chi connectivity index (χ0v) is 17.2. The topological polar surface area (TPSA) is 78.8 Å². The highest BCUT2D eigenvalue weighted by molar-refractivity contribution is 9.10. The number of anilines is 2. The van der Waals surface area contributed by atoms with Gasteiger partial charge >= 0.3 is 0 Å². The monoisotopic (exact) mass is 465 g/mol. The van der Waals surface area contributed by atoms with Gasteiger partial charge in [-0.05, 0) is 49.2 Å². The smallest absolute Gasteiger partial charge is 0.286 e. The molecule has 1 saturated heterocycles. The summed E-state index contributed by atoms with van der Waals surface area (Å²) in [7, 11) is -3.89. The van der Waals surface area contributed by atoms with Gasteiger partial charge in [-0.15, -0.1) is 4.40 Å². The predicted octanol–water partition coefficient (Wildman–Crippen LogP) is 4.32. The van der Waals surface area contributed by atoms with Crippen molar-refractivity contribution < 1.29 is 17.6 Å². The molecule has 0 aromatic heterocycles. The Labute approximate surface area is 170 Å². The number of hydrogen-bond acceptors (Lipinski definition) is 4. The Morgan fingerprint density at radius 3 is 2.75 bits per heavy atom. The van der Waals surface area contributed by atoms with Gasteiger partial charge in [0, 0.05) is 23.0 Å². The van der Waals surface area contributed by atoms with Gasteiger partial charge in [0.25, 0.3) is 15.9 Å². The third kappa shape index (κ3) is 3.56. The van der Waals surface area contributed by atoms with Crippen molar-refractivity contribution >= 4 is 49.1 Å². The van der Waals surface area contributed by atoms with Gasteiger partial charge in [-0.2, -0.15) is 8.42 Å². The van der Waals surface area contributed by atoms with Crippen LogP contribution in [-0.2, 0) is 10.0 Å². The number of halogens is 2. The number of hydrogen-bond donors (Lipinski definition) is 1. The summed E-state index contributed by atoms with van der Waals surface area (Å²) in [6.45, 7) is 0.691. The van der Waals surface area contributed by atoms with Crippen LogP contribution in [0.5, 0.6) is 0 Å². The van der Waals surface area contributed by atoms with Crippen molar-refractivity contribution in [1.82, 2.24) is 0 Å². The summed E-state index contributed by atoms with van der Waals surface area (Å²) >= 11 is 3.16. The van der Waals surface area contributed by atoms with Crippen LogP contribution < -0.4 is 10.2 Å². The predicted molar refractivity (Wildman–Crippen MR) is 109 cm³/mol. The minimum absolute atomic E-state index is 0.00192. The Hall–Kier alpha value is -2.26. The summed E-state index contributed by atoms with van der Waals surface area (Å²) < 4.78 is 43.8. The third-order valence-corrected chi connectivity index (χ3v) is 6.62. The maximum atomic E-state index is 14.0. The van der Waals surface area contributed by atoms with Crippen LogP contribution in [0.1, 0.15) is 36.0 Å². The molecular formula is C19H17BrFN3O3S. The lowest BCUT2D eigenvalue weighted by Gasteiger charge is -2.29. The zero-order chi connectivity index (χ0) is 19.9. The first-order valence-corrected chi connectivity index (χ1v) is 11.1. The van der Waals surface area contributed by atoms with Crippen LogP contribution in [0.15, 0.2) is 50.2 Å². The molecule has 0 radical (unpaired) electrons. The molecule has 2 aromatic carbocycles. The summed E-state index contributed by atoms with van der Waals surface area (Å²) in [5, 5.41) is 2.48. The van der Waals surface area contributed by atoms with Gasteiger partial charge in [0.1, 0.15) is 16.5 Å². The van der Waals surface area contributed by atoms with Crippen LogP contribution >= 0.6 is 15.9 Å². The molecule has 2 aliphatic rings. The first-order chi connectivity index (χ1) is 13.3. The normalized spacial score (nSPS) is 17.8. The Morgan fingerprint density at radius 2 is 1.96 bits per heavy atom. The van der Waals surface area contributed by atoms with E-state index >= 15 is 0 Å². The number of nitrogens with one attached hydrogen (secondary N) is 1. The molecule has 0 unspecified atom stereocenters. The number of nitrogens with zero attached hydrogens (tertiary/aromatic N) is 2. The lowest BCUT2D eigenvalue weighted by molar-refractivity contribution is 0.102. The average molecular weight is 466 g/mol. The summed E-state index contributed by atoms with van der Waals surface area (Å²) in [5.74, 6) is -0.629. The lowest BCUT2D eigenvalue weighted by Crippen LogP contribution is -2.35. The molecule has 2 aromatic rings. The van der Waals surface area contributed by atoms with E-state index in [1.165, 1.54) is 18.2 Å². The second kappa shape index (κ2) is 7.29. The maximum absolute atomic E-state index is 14.0. The van der Waals surface area contributed by atoms with Gasteiger partial charge in [0.15, 0.2) is 0 Å². The van der Waals surface area contributed by atoms with Crippen LogP contribution in [0, 0.1) is 5.82 Å². The number of sulfonamides is 1. The van der Waals surface area contributed by atoms with E-state index in [1.54, 1.807) is 18.2 Å². The van der Waals surface area contributed by atoms with Crippen LogP contribution in [0.3, 0.4) is 0 Å². The SMILES string of the molecule is O=C(Nc1ccc(Br)cc1F)c1ccc2c(c1)S(=O)(=O)N=C1CCCCCN12. The summed E-state index contributed by atoms with van der Waals surface area (Å²) in [6.07, 6.45) is 3.48. The van der Waals surface area contributed by atoms with Crippen molar-refractivity contribution in [2.24, 2.45) is 4.40 Å². The summed E-state index contributed by atoms with van der Waals surface area (Å²) in [6, 6.07) is 8.75. The van der Waals surface area contributed by atoms with E-state index in [0.717, 1.165) is 19.3 Å². The summed E-state index contributed by atoms with van der Waals surface area (Å²) in [4.78, 5) is 14.5. The molecule has 0 spiro atoms. The minimum atomic E-state index is -3.89. The third-order valence-electron chi connectivity index (χ3n) is 4.79. The molecule has 1 N–H and O–H groups in total. The van der Waals surface area contributed by atoms with E-state index in [4.69, 9.17) is 0 Å². The molecule has 2 aliphatic heterocycles. The molecule has 6 nitrogen and oxygen atoms in total. The van der Waals surface area contributed by atoms with Crippen LogP contribution in [-0.4, -0.2) is 26.7 Å². The molecule has 2 heterocycles. The Morgan fingerprint density at radius 1 is 1.14 bits per heavy atom. The second-order valence-electron chi connectivity index (χ2n) is 6.71. The Balaban J connectivity index is 1.68. The Kier molecular flexibility index (Phi) is 4.96. The van der Waals surface area contributed by atoms with Gasteiger partial charge in [-0.3, -0.25) is 4.79 Å². The number of rotatable bonds is 2. The molecule has 0 saturated carbocycles. The number of amidine groups is 1. The highest BCUT2D eigenvalue weighted by Gasteiger charge is 2.32. The molecule has 4 rings (SSSR count). The van der Waals surface area contributed by atoms with E-state index in [-0.39, 0.29) is 16.1 Å². The highest BCUT2D eigenvalue weighted by Crippen LogP contribution is 2.35. The number of fused-ring (bicyclic) bond motifs is 3. The fraction of sp³-hybridized carbons (Fsp3) is 0.263. The molecule has 28 heavy (non-hydrogen) atoms. The lowest BCUT2D eigenvalue weighted by atomic mass is 10.1. The van der Waals surface area contributed by atoms with Gasteiger partial charge < -0.3 is 10.2 Å². The standard InChI is InChI=1S/C19H17BrFN3O3S/c20-13-6-7-15(14(21)11-13)22-19(25)12-5-8-16-17(10-12)28(26,27)23-18-4-2-1-3-9-24(16)18/h5-8,10-11H,1-4,9H2,(H,22,25). The molecule has 0 bridgehead atoms. The van der Waals surface area contributed by atoms with Gasteiger partial charge in [-0.25, -0.2) is 4.39 Å². The number of benzene rings is 2. The van der Waals surface area contributed by atoms with Crippen molar-refractivity contribution in [3.8, 4) is 0 Å². The van der Waals surface area contributed by atoms with Crippen molar-refractivity contribution in [2.45, 2.75) is 30.6 Å².